The summed E-state index contributed by atoms with van der Waals surface area (Å²) in [6.07, 6.45) is -0.902. The Bertz CT molecular complexity index is 643. The van der Waals surface area contributed by atoms with E-state index in [-0.39, 0.29) is 24.2 Å². The van der Waals surface area contributed by atoms with Crippen LogP contribution in [0.2, 0.25) is 0 Å². The van der Waals surface area contributed by atoms with Crippen molar-refractivity contribution in [1.82, 2.24) is 4.90 Å². The predicted octanol–water partition coefficient (Wildman–Crippen LogP) is 4.38. The van der Waals surface area contributed by atoms with Crippen LogP contribution in [0, 0.1) is 11.8 Å². The van der Waals surface area contributed by atoms with Gasteiger partial charge in [-0.05, 0) is 55.7 Å². The Morgan fingerprint density at radius 3 is 2.48 bits per heavy atom. The van der Waals surface area contributed by atoms with E-state index in [0.29, 0.717) is 37.9 Å². The van der Waals surface area contributed by atoms with Gasteiger partial charge in [0.1, 0.15) is 0 Å². The number of nitrogens with zero attached hydrogens (tertiary/aromatic N) is 1. The number of carboxylic acids is 1. The molecule has 0 aromatic heterocycles. The largest absolute Gasteiger partial charge is 0.481 e. The first kappa shape index (κ1) is 21.3. The molecule has 1 aliphatic rings. The maximum Gasteiger partial charge on any atom is 0.416 e. The normalized spacial score (nSPS) is 19.0. The number of alkyl halides is 3. The molecular formula is C20H26F3NO3. The van der Waals surface area contributed by atoms with Gasteiger partial charge in [0.15, 0.2) is 0 Å². The number of rotatable bonds is 7. The molecule has 0 aliphatic carbocycles. The summed E-state index contributed by atoms with van der Waals surface area (Å²) in [4.78, 5) is 25.4. The lowest BCUT2D eigenvalue weighted by molar-refractivity contribution is -0.139. The number of hydrogen-bond acceptors (Lipinski definition) is 2. The Balaban J connectivity index is 1.97. The van der Waals surface area contributed by atoms with Crippen LogP contribution in [0.15, 0.2) is 24.3 Å². The molecule has 27 heavy (non-hydrogen) atoms. The maximum atomic E-state index is 12.9. The zero-order valence-electron chi connectivity index (χ0n) is 15.5. The zero-order valence-corrected chi connectivity index (χ0v) is 15.5. The lowest BCUT2D eigenvalue weighted by Gasteiger charge is -2.35. The molecule has 0 radical (unpaired) electrons. The molecule has 1 aliphatic heterocycles. The number of carbonyl (C=O) groups is 2. The quantitative estimate of drug-likeness (QED) is 0.758. The molecule has 2 unspecified atom stereocenters. The van der Waals surface area contributed by atoms with E-state index < -0.39 is 17.7 Å². The van der Waals surface area contributed by atoms with Crippen molar-refractivity contribution in [3.05, 3.63) is 35.4 Å². The van der Waals surface area contributed by atoms with Crippen molar-refractivity contribution < 1.29 is 27.9 Å². The Morgan fingerprint density at radius 1 is 1.26 bits per heavy atom. The van der Waals surface area contributed by atoms with Gasteiger partial charge in [0, 0.05) is 25.4 Å². The monoisotopic (exact) mass is 385 g/mol. The SMILES string of the molecule is CCC(Cc1ccc(C(F)(F)F)cc1)C(=O)N1CCCC(CCC(=O)O)C1. The Hall–Kier alpha value is -2.05. The van der Waals surface area contributed by atoms with Crippen molar-refractivity contribution in [1.29, 1.82) is 0 Å². The fraction of sp³-hybridized carbons (Fsp3) is 0.600. The van der Waals surface area contributed by atoms with E-state index in [1.165, 1.54) is 12.1 Å². The van der Waals surface area contributed by atoms with Gasteiger partial charge in [-0.2, -0.15) is 13.2 Å². The first-order valence-corrected chi connectivity index (χ1v) is 9.37. The van der Waals surface area contributed by atoms with Gasteiger partial charge in [-0.1, -0.05) is 19.1 Å². The van der Waals surface area contributed by atoms with Gasteiger partial charge >= 0.3 is 12.1 Å². The molecule has 1 N–H and O–H groups in total. The fourth-order valence-corrected chi connectivity index (χ4v) is 3.61. The van der Waals surface area contributed by atoms with Crippen LogP contribution in [0.25, 0.3) is 0 Å². The highest BCUT2D eigenvalue weighted by molar-refractivity contribution is 5.79. The van der Waals surface area contributed by atoms with Gasteiger partial charge in [-0.25, -0.2) is 0 Å². The highest BCUT2D eigenvalue weighted by Crippen LogP contribution is 2.30. The summed E-state index contributed by atoms with van der Waals surface area (Å²) >= 11 is 0. The minimum Gasteiger partial charge on any atom is -0.481 e. The van der Waals surface area contributed by atoms with Crippen LogP contribution in [-0.2, 0) is 22.2 Å². The number of amides is 1. The Morgan fingerprint density at radius 2 is 1.93 bits per heavy atom. The number of aliphatic carboxylic acids is 1. The number of carbonyl (C=O) groups excluding carboxylic acids is 1. The van der Waals surface area contributed by atoms with E-state index in [1.807, 2.05) is 6.92 Å². The number of carboxylic acid groups (broad SMARTS) is 1. The van der Waals surface area contributed by atoms with Crippen molar-refractivity contribution in [3.8, 4) is 0 Å². The second kappa shape index (κ2) is 9.24. The summed E-state index contributed by atoms with van der Waals surface area (Å²) in [7, 11) is 0. The summed E-state index contributed by atoms with van der Waals surface area (Å²) in [6.45, 7) is 3.13. The summed E-state index contributed by atoms with van der Waals surface area (Å²) < 4.78 is 38.0. The predicted molar refractivity (Wildman–Crippen MR) is 95.1 cm³/mol. The van der Waals surface area contributed by atoms with Gasteiger partial charge in [0.05, 0.1) is 5.56 Å². The third kappa shape index (κ3) is 6.26. The summed E-state index contributed by atoms with van der Waals surface area (Å²) in [5.41, 5.74) is 0.0190. The standard InChI is InChI=1S/C20H26F3NO3/c1-2-16(12-14-5-8-17(9-6-14)20(21,22)23)19(27)24-11-3-4-15(13-24)7-10-18(25)26/h5-6,8-9,15-16H,2-4,7,10-13H2,1H3,(H,25,26). The van der Waals surface area contributed by atoms with Crippen molar-refractivity contribution in [2.24, 2.45) is 11.8 Å². The minimum atomic E-state index is -4.36. The van der Waals surface area contributed by atoms with Crippen molar-refractivity contribution >= 4 is 11.9 Å². The third-order valence-corrected chi connectivity index (χ3v) is 5.20. The fourth-order valence-electron chi connectivity index (χ4n) is 3.61. The lowest BCUT2D eigenvalue weighted by atomic mass is 9.90. The van der Waals surface area contributed by atoms with Crippen LogP contribution in [0.1, 0.15) is 50.2 Å². The van der Waals surface area contributed by atoms with Crippen LogP contribution in [0.5, 0.6) is 0 Å². The summed E-state index contributed by atoms with van der Waals surface area (Å²) in [5, 5.41) is 8.83. The number of benzene rings is 1. The molecule has 1 amide bonds. The molecule has 1 aromatic carbocycles. The number of halogens is 3. The molecule has 0 bridgehead atoms. The lowest BCUT2D eigenvalue weighted by Crippen LogP contribution is -2.43. The summed E-state index contributed by atoms with van der Waals surface area (Å²) in [5.74, 6) is -0.896. The maximum absolute atomic E-state index is 12.9. The molecule has 150 valence electrons. The Kier molecular flexibility index (Phi) is 7.27. The average Bonchev–Trinajstić information content (AvgIpc) is 2.63. The first-order valence-electron chi connectivity index (χ1n) is 9.37. The molecule has 0 saturated carbocycles. The minimum absolute atomic E-state index is 0.0115. The molecule has 1 saturated heterocycles. The highest BCUT2D eigenvalue weighted by Gasteiger charge is 2.31. The van der Waals surface area contributed by atoms with E-state index in [1.54, 1.807) is 4.90 Å². The van der Waals surface area contributed by atoms with Crippen LogP contribution in [0.3, 0.4) is 0 Å². The van der Waals surface area contributed by atoms with Gasteiger partial charge in [0.2, 0.25) is 5.91 Å². The van der Waals surface area contributed by atoms with Crippen molar-refractivity contribution in [2.45, 2.75) is 51.6 Å². The second-order valence-corrected chi connectivity index (χ2v) is 7.23. The molecule has 2 atom stereocenters. The van der Waals surface area contributed by atoms with E-state index in [4.69, 9.17) is 5.11 Å². The molecule has 7 heteroatoms. The van der Waals surface area contributed by atoms with Crippen molar-refractivity contribution in [2.75, 3.05) is 13.1 Å². The third-order valence-electron chi connectivity index (χ3n) is 5.20. The van der Waals surface area contributed by atoms with Crippen LogP contribution < -0.4 is 0 Å². The first-order chi connectivity index (χ1) is 12.7. The smallest absolute Gasteiger partial charge is 0.416 e. The molecule has 2 rings (SSSR count). The zero-order chi connectivity index (χ0) is 20.0. The number of piperidine rings is 1. The van der Waals surface area contributed by atoms with Gasteiger partial charge in [0.25, 0.3) is 0 Å². The highest BCUT2D eigenvalue weighted by atomic mass is 19.4. The molecule has 1 aromatic rings. The average molecular weight is 385 g/mol. The number of likely N-dealkylation sites (tertiary alicyclic amines) is 1. The van der Waals surface area contributed by atoms with Gasteiger partial charge in [-0.15, -0.1) is 0 Å². The topological polar surface area (TPSA) is 57.6 Å². The van der Waals surface area contributed by atoms with E-state index in [0.717, 1.165) is 25.0 Å². The van der Waals surface area contributed by atoms with Crippen LogP contribution in [-0.4, -0.2) is 35.0 Å². The molecule has 4 nitrogen and oxygen atoms in total. The molecule has 1 heterocycles. The van der Waals surface area contributed by atoms with Crippen molar-refractivity contribution in [3.63, 3.8) is 0 Å². The molecule has 0 spiro atoms. The number of hydrogen-bond donors (Lipinski definition) is 1. The molecule has 1 fully saturated rings. The van der Waals surface area contributed by atoms with Crippen LogP contribution >= 0.6 is 0 Å². The van der Waals surface area contributed by atoms with E-state index in [2.05, 4.69) is 0 Å². The van der Waals surface area contributed by atoms with Crippen LogP contribution in [0.4, 0.5) is 13.2 Å². The molecular weight excluding hydrogens is 359 g/mol. The van der Waals surface area contributed by atoms with Gasteiger partial charge in [-0.3, -0.25) is 9.59 Å². The summed E-state index contributed by atoms with van der Waals surface area (Å²) in [6, 6.07) is 4.97. The second-order valence-electron chi connectivity index (χ2n) is 7.23. The van der Waals surface area contributed by atoms with E-state index >= 15 is 0 Å². The van der Waals surface area contributed by atoms with Gasteiger partial charge < -0.3 is 10.0 Å². The van der Waals surface area contributed by atoms with E-state index in [9.17, 15) is 22.8 Å². The Labute approximate surface area is 157 Å².